The van der Waals surface area contributed by atoms with Gasteiger partial charge in [-0.1, -0.05) is 12.1 Å². The fraction of sp³-hybridized carbons (Fsp3) is 0.333. The molecule has 1 heterocycles. The van der Waals surface area contributed by atoms with Crippen molar-refractivity contribution in [3.63, 3.8) is 0 Å². The summed E-state index contributed by atoms with van der Waals surface area (Å²) in [4.78, 5) is 37.9. The van der Waals surface area contributed by atoms with Crippen LogP contribution in [0, 0.1) is 0 Å². The van der Waals surface area contributed by atoms with Crippen molar-refractivity contribution in [2.45, 2.75) is 19.6 Å². The number of nitrogens with zero attached hydrogens (tertiary/aromatic N) is 2. The fourth-order valence-corrected chi connectivity index (χ4v) is 2.14. The second-order valence-corrected chi connectivity index (χ2v) is 5.08. The van der Waals surface area contributed by atoms with Gasteiger partial charge in [0, 0.05) is 6.54 Å². The van der Waals surface area contributed by atoms with Crippen LogP contribution in [0.2, 0.25) is 0 Å². The third-order valence-electron chi connectivity index (χ3n) is 3.15. The molecule has 0 aliphatic rings. The highest BCUT2D eigenvalue weighted by Gasteiger charge is 2.38. The molecular formula is C15H15F3N4O4. The van der Waals surface area contributed by atoms with E-state index in [0.29, 0.717) is 4.57 Å². The first kappa shape index (κ1) is 19.2. The number of nitrogens with one attached hydrogen (secondary N) is 2. The Labute approximate surface area is 145 Å². The zero-order valence-electron chi connectivity index (χ0n) is 13.6. The minimum atomic E-state index is -4.77. The number of imide groups is 1. The quantitative estimate of drug-likeness (QED) is 0.774. The van der Waals surface area contributed by atoms with Gasteiger partial charge >= 0.3 is 18.2 Å². The van der Waals surface area contributed by atoms with Crippen LogP contribution in [-0.2, 0) is 27.0 Å². The molecule has 0 saturated carbocycles. The molecule has 2 rings (SSSR count). The average Bonchev–Trinajstić information content (AvgIpc) is 2.92. The van der Waals surface area contributed by atoms with Crippen LogP contribution in [-0.4, -0.2) is 40.6 Å². The van der Waals surface area contributed by atoms with Gasteiger partial charge in [0.05, 0.1) is 11.0 Å². The van der Waals surface area contributed by atoms with Crippen molar-refractivity contribution in [2.24, 2.45) is 0 Å². The minimum Gasteiger partial charge on any atom is -0.454 e. The molecule has 0 bridgehead atoms. The Morgan fingerprint density at radius 2 is 1.92 bits per heavy atom. The number of fused-ring (bicyclic) bond motifs is 1. The summed E-state index contributed by atoms with van der Waals surface area (Å²) in [7, 11) is 0. The van der Waals surface area contributed by atoms with Crippen molar-refractivity contribution >= 4 is 28.9 Å². The molecule has 0 aliphatic carbocycles. The fourth-order valence-electron chi connectivity index (χ4n) is 2.14. The lowest BCUT2D eigenvalue weighted by molar-refractivity contribution is -0.153. The highest BCUT2D eigenvalue weighted by Crippen LogP contribution is 2.31. The van der Waals surface area contributed by atoms with E-state index in [2.05, 4.69) is 15.0 Å². The lowest BCUT2D eigenvalue weighted by Crippen LogP contribution is -2.41. The first-order valence-electron chi connectivity index (χ1n) is 7.48. The SMILES string of the molecule is CCNC(=O)NC(=O)COC(=O)Cn1c(C(F)(F)F)nc2ccccc21. The lowest BCUT2D eigenvalue weighted by atomic mass is 10.3. The van der Waals surface area contributed by atoms with Crippen molar-refractivity contribution in [1.29, 1.82) is 0 Å². The van der Waals surface area contributed by atoms with E-state index in [1.165, 1.54) is 24.3 Å². The van der Waals surface area contributed by atoms with Crippen LogP contribution in [0.5, 0.6) is 0 Å². The molecule has 2 N–H and O–H groups in total. The van der Waals surface area contributed by atoms with E-state index in [0.717, 1.165) is 0 Å². The number of halogens is 3. The second-order valence-electron chi connectivity index (χ2n) is 5.08. The summed E-state index contributed by atoms with van der Waals surface area (Å²) in [5, 5.41) is 4.19. The number of esters is 1. The number of hydrogen-bond acceptors (Lipinski definition) is 5. The molecule has 8 nitrogen and oxygen atoms in total. The molecule has 140 valence electrons. The van der Waals surface area contributed by atoms with Gasteiger partial charge in [0.1, 0.15) is 6.54 Å². The van der Waals surface area contributed by atoms with Gasteiger partial charge < -0.3 is 14.6 Å². The Morgan fingerprint density at radius 3 is 2.58 bits per heavy atom. The van der Waals surface area contributed by atoms with Gasteiger partial charge in [-0.25, -0.2) is 9.78 Å². The minimum absolute atomic E-state index is 0.0709. The number of carbonyl (C=O) groups is 3. The van der Waals surface area contributed by atoms with Gasteiger partial charge in [-0.3, -0.25) is 14.9 Å². The summed E-state index contributed by atoms with van der Waals surface area (Å²) in [6.45, 7) is 0.332. The lowest BCUT2D eigenvalue weighted by Gasteiger charge is -2.11. The normalized spacial score (nSPS) is 11.2. The maximum atomic E-state index is 13.1. The average molecular weight is 372 g/mol. The number of para-hydroxylation sites is 2. The predicted octanol–water partition coefficient (Wildman–Crippen LogP) is 1.44. The first-order valence-corrected chi connectivity index (χ1v) is 7.48. The summed E-state index contributed by atoms with van der Waals surface area (Å²) in [6.07, 6.45) is -4.77. The van der Waals surface area contributed by atoms with Gasteiger partial charge in [0.25, 0.3) is 5.91 Å². The number of imidazole rings is 1. The van der Waals surface area contributed by atoms with Crippen LogP contribution in [0.3, 0.4) is 0 Å². The van der Waals surface area contributed by atoms with E-state index < -0.39 is 43.1 Å². The van der Waals surface area contributed by atoms with Gasteiger partial charge in [-0.2, -0.15) is 13.2 Å². The van der Waals surface area contributed by atoms with Gasteiger partial charge in [-0.15, -0.1) is 0 Å². The van der Waals surface area contributed by atoms with Gasteiger partial charge in [0.2, 0.25) is 5.82 Å². The van der Waals surface area contributed by atoms with Crippen LogP contribution < -0.4 is 10.6 Å². The summed E-state index contributed by atoms with van der Waals surface area (Å²) in [6, 6.07) is 5.02. The summed E-state index contributed by atoms with van der Waals surface area (Å²) < 4.78 is 44.7. The molecule has 0 fully saturated rings. The van der Waals surface area contributed by atoms with Crippen LogP contribution in [0.25, 0.3) is 11.0 Å². The van der Waals surface area contributed by atoms with Crippen LogP contribution >= 0.6 is 0 Å². The molecule has 3 amide bonds. The van der Waals surface area contributed by atoms with Gasteiger partial charge in [-0.05, 0) is 19.1 Å². The van der Waals surface area contributed by atoms with Crippen molar-refractivity contribution in [3.05, 3.63) is 30.1 Å². The van der Waals surface area contributed by atoms with Crippen LogP contribution in [0.15, 0.2) is 24.3 Å². The summed E-state index contributed by atoms with van der Waals surface area (Å²) >= 11 is 0. The third-order valence-corrected chi connectivity index (χ3v) is 3.15. The van der Waals surface area contributed by atoms with E-state index >= 15 is 0 Å². The molecule has 0 aliphatic heterocycles. The highest BCUT2D eigenvalue weighted by atomic mass is 19.4. The number of ether oxygens (including phenoxy) is 1. The number of carbonyl (C=O) groups excluding carboxylic acids is 3. The number of aromatic nitrogens is 2. The standard InChI is InChI=1S/C15H15F3N4O4/c1-2-19-14(25)21-11(23)8-26-12(24)7-22-10-6-4-3-5-9(10)20-13(22)15(16,17)18/h3-6H,2,7-8H2,1H3,(H2,19,21,23,25). The topological polar surface area (TPSA) is 102 Å². The number of rotatable bonds is 5. The van der Waals surface area contributed by atoms with E-state index in [1.54, 1.807) is 6.92 Å². The Balaban J connectivity index is 2.07. The van der Waals surface area contributed by atoms with E-state index in [-0.39, 0.29) is 17.6 Å². The molecular weight excluding hydrogens is 357 g/mol. The van der Waals surface area contributed by atoms with Crippen molar-refractivity contribution in [1.82, 2.24) is 20.2 Å². The monoisotopic (exact) mass is 372 g/mol. The maximum Gasteiger partial charge on any atom is 0.449 e. The number of amides is 3. The zero-order valence-corrected chi connectivity index (χ0v) is 13.6. The zero-order chi connectivity index (χ0) is 19.3. The number of urea groups is 1. The Morgan fingerprint density at radius 1 is 1.23 bits per heavy atom. The highest BCUT2D eigenvalue weighted by molar-refractivity contribution is 5.95. The van der Waals surface area contributed by atoms with Crippen molar-refractivity contribution in [3.8, 4) is 0 Å². The molecule has 0 saturated heterocycles. The van der Waals surface area contributed by atoms with E-state index in [1.807, 2.05) is 5.32 Å². The van der Waals surface area contributed by atoms with Crippen LogP contribution in [0.1, 0.15) is 12.7 Å². The smallest absolute Gasteiger partial charge is 0.449 e. The second kappa shape index (κ2) is 7.85. The molecule has 0 spiro atoms. The molecule has 0 unspecified atom stereocenters. The summed E-state index contributed by atoms with van der Waals surface area (Å²) in [5.41, 5.74) is 0.171. The molecule has 11 heteroatoms. The van der Waals surface area contributed by atoms with Crippen LogP contribution in [0.4, 0.5) is 18.0 Å². The molecule has 1 aromatic heterocycles. The first-order chi connectivity index (χ1) is 12.2. The van der Waals surface area contributed by atoms with Gasteiger partial charge in [0.15, 0.2) is 6.61 Å². The molecule has 0 atom stereocenters. The number of alkyl halides is 3. The predicted molar refractivity (Wildman–Crippen MR) is 82.9 cm³/mol. The summed E-state index contributed by atoms with van der Waals surface area (Å²) in [5.74, 6) is -3.23. The largest absolute Gasteiger partial charge is 0.454 e. The molecule has 1 aromatic carbocycles. The van der Waals surface area contributed by atoms with Crippen molar-refractivity contribution in [2.75, 3.05) is 13.2 Å². The molecule has 2 aromatic rings. The molecule has 26 heavy (non-hydrogen) atoms. The Kier molecular flexibility index (Phi) is 5.80. The van der Waals surface area contributed by atoms with E-state index in [4.69, 9.17) is 0 Å². The number of hydrogen-bond donors (Lipinski definition) is 2. The van der Waals surface area contributed by atoms with E-state index in [9.17, 15) is 27.6 Å². The third kappa shape index (κ3) is 4.71. The molecule has 0 radical (unpaired) electrons. The maximum absolute atomic E-state index is 13.1. The Hall–Kier alpha value is -3.11. The Bertz CT molecular complexity index is 832. The number of benzene rings is 1. The van der Waals surface area contributed by atoms with Crippen molar-refractivity contribution < 1.29 is 32.3 Å².